The topological polar surface area (TPSA) is 63.2 Å². The van der Waals surface area contributed by atoms with Gasteiger partial charge < -0.3 is 15.4 Å². The number of aromatic nitrogens is 1. The van der Waals surface area contributed by atoms with Gasteiger partial charge in [-0.3, -0.25) is 4.79 Å². The summed E-state index contributed by atoms with van der Waals surface area (Å²) < 4.78 is 43.8. The molecule has 3 rings (SSSR count). The summed E-state index contributed by atoms with van der Waals surface area (Å²) in [5.41, 5.74) is 0.345. The lowest BCUT2D eigenvalue weighted by atomic mass is 10.1. The summed E-state index contributed by atoms with van der Waals surface area (Å²) in [6.07, 6.45) is -2.96. The van der Waals surface area contributed by atoms with Gasteiger partial charge >= 0.3 is 6.18 Å². The van der Waals surface area contributed by atoms with Crippen molar-refractivity contribution in [2.75, 3.05) is 17.7 Å². The molecule has 29 heavy (non-hydrogen) atoms. The number of ether oxygens (including phenoxy) is 1. The first kappa shape index (κ1) is 20.2. The van der Waals surface area contributed by atoms with Crippen molar-refractivity contribution in [2.24, 2.45) is 0 Å². The Hall–Kier alpha value is -3.55. The molecule has 0 aliphatic heterocycles. The van der Waals surface area contributed by atoms with E-state index in [4.69, 9.17) is 4.74 Å². The summed E-state index contributed by atoms with van der Waals surface area (Å²) in [4.78, 5) is 16.8. The van der Waals surface area contributed by atoms with Gasteiger partial charge in [-0.05, 0) is 48.0 Å². The fourth-order valence-corrected chi connectivity index (χ4v) is 2.67. The van der Waals surface area contributed by atoms with Crippen LogP contribution in [0.3, 0.4) is 0 Å². The molecule has 0 spiro atoms. The Morgan fingerprint density at radius 3 is 2.62 bits per heavy atom. The minimum absolute atomic E-state index is 0.0485. The van der Waals surface area contributed by atoms with Gasteiger partial charge in [0.15, 0.2) is 0 Å². The fraction of sp³-hybridized carbons (Fsp3) is 0.143. The van der Waals surface area contributed by atoms with Crippen LogP contribution in [0.1, 0.15) is 21.5 Å². The molecule has 0 aliphatic carbocycles. The van der Waals surface area contributed by atoms with Crippen molar-refractivity contribution >= 4 is 17.4 Å². The highest BCUT2D eigenvalue weighted by molar-refractivity contribution is 6.07. The maximum absolute atomic E-state index is 12.9. The minimum atomic E-state index is -4.49. The maximum atomic E-state index is 12.9. The van der Waals surface area contributed by atoms with E-state index in [1.807, 2.05) is 24.3 Å². The van der Waals surface area contributed by atoms with Crippen molar-refractivity contribution in [1.29, 1.82) is 0 Å². The standard InChI is InChI=1S/C21H18F3N3O2/c1-29-17-8-2-5-14(11-17)13-26-19-18(9-4-10-25-19)20(28)27-16-7-3-6-15(12-16)21(22,23)24/h2-12H,13H2,1H3,(H,25,26)(H,27,28). The van der Waals surface area contributed by atoms with Crippen LogP contribution in [0.25, 0.3) is 0 Å². The molecule has 0 atom stereocenters. The third-order valence-electron chi connectivity index (χ3n) is 4.09. The Morgan fingerprint density at radius 2 is 1.86 bits per heavy atom. The largest absolute Gasteiger partial charge is 0.497 e. The van der Waals surface area contributed by atoms with Crippen LogP contribution in [0, 0.1) is 0 Å². The van der Waals surface area contributed by atoms with Crippen molar-refractivity contribution < 1.29 is 22.7 Å². The number of benzene rings is 2. The molecular formula is C21H18F3N3O2. The Kier molecular flexibility index (Phi) is 6.01. The Bertz CT molecular complexity index is 1010. The van der Waals surface area contributed by atoms with Gasteiger partial charge in [-0.1, -0.05) is 18.2 Å². The lowest BCUT2D eigenvalue weighted by molar-refractivity contribution is -0.137. The van der Waals surface area contributed by atoms with Crippen LogP contribution >= 0.6 is 0 Å². The van der Waals surface area contributed by atoms with E-state index in [9.17, 15) is 18.0 Å². The average Bonchev–Trinajstić information content (AvgIpc) is 2.72. The zero-order valence-corrected chi connectivity index (χ0v) is 15.5. The number of amides is 1. The molecule has 2 N–H and O–H groups in total. The van der Waals surface area contributed by atoms with Gasteiger partial charge in [-0.25, -0.2) is 4.98 Å². The minimum Gasteiger partial charge on any atom is -0.497 e. The number of carbonyl (C=O) groups excluding carboxylic acids is 1. The number of hydrogen-bond donors (Lipinski definition) is 2. The van der Waals surface area contributed by atoms with Gasteiger partial charge in [0.05, 0.1) is 18.2 Å². The molecule has 2 aromatic carbocycles. The third kappa shape index (κ3) is 5.25. The van der Waals surface area contributed by atoms with Gasteiger partial charge in [0.2, 0.25) is 0 Å². The van der Waals surface area contributed by atoms with Crippen LogP contribution in [0.4, 0.5) is 24.7 Å². The quantitative estimate of drug-likeness (QED) is 0.612. The second kappa shape index (κ2) is 8.64. The van der Waals surface area contributed by atoms with Gasteiger partial charge in [0.1, 0.15) is 11.6 Å². The highest BCUT2D eigenvalue weighted by Gasteiger charge is 2.30. The second-order valence-corrected chi connectivity index (χ2v) is 6.14. The molecule has 0 saturated heterocycles. The molecule has 5 nitrogen and oxygen atoms in total. The van der Waals surface area contributed by atoms with Crippen molar-refractivity contribution in [2.45, 2.75) is 12.7 Å². The van der Waals surface area contributed by atoms with Crippen LogP contribution in [-0.4, -0.2) is 18.0 Å². The number of nitrogens with zero attached hydrogens (tertiary/aromatic N) is 1. The second-order valence-electron chi connectivity index (χ2n) is 6.14. The van der Waals surface area contributed by atoms with E-state index in [2.05, 4.69) is 15.6 Å². The monoisotopic (exact) mass is 401 g/mol. The molecule has 1 aromatic heterocycles. The zero-order chi connectivity index (χ0) is 20.9. The number of carbonyl (C=O) groups is 1. The number of anilines is 2. The number of alkyl halides is 3. The van der Waals surface area contributed by atoms with E-state index in [0.717, 1.165) is 17.7 Å². The molecule has 0 aliphatic rings. The molecule has 0 unspecified atom stereocenters. The van der Waals surface area contributed by atoms with E-state index in [1.54, 1.807) is 19.2 Å². The van der Waals surface area contributed by atoms with Gasteiger partial charge in [0, 0.05) is 18.4 Å². The van der Waals surface area contributed by atoms with Crippen molar-refractivity contribution in [1.82, 2.24) is 4.98 Å². The number of hydrogen-bond acceptors (Lipinski definition) is 4. The van der Waals surface area contributed by atoms with Crippen molar-refractivity contribution in [3.8, 4) is 5.75 Å². The van der Waals surface area contributed by atoms with Crippen LogP contribution in [0.15, 0.2) is 66.9 Å². The Morgan fingerprint density at radius 1 is 1.07 bits per heavy atom. The van der Waals surface area contributed by atoms with E-state index in [1.165, 1.54) is 18.3 Å². The van der Waals surface area contributed by atoms with Crippen LogP contribution in [-0.2, 0) is 12.7 Å². The highest BCUT2D eigenvalue weighted by atomic mass is 19.4. The molecule has 1 amide bonds. The number of methoxy groups -OCH3 is 1. The van der Waals surface area contributed by atoms with E-state index < -0.39 is 17.6 Å². The van der Waals surface area contributed by atoms with Crippen LogP contribution in [0.2, 0.25) is 0 Å². The predicted octanol–water partition coefficient (Wildman–Crippen LogP) is 4.97. The maximum Gasteiger partial charge on any atom is 0.416 e. The lowest BCUT2D eigenvalue weighted by Gasteiger charge is -2.13. The molecule has 1 heterocycles. The van der Waals surface area contributed by atoms with E-state index >= 15 is 0 Å². The zero-order valence-electron chi connectivity index (χ0n) is 15.5. The average molecular weight is 401 g/mol. The first-order chi connectivity index (χ1) is 13.9. The fourth-order valence-electron chi connectivity index (χ4n) is 2.67. The molecule has 0 bridgehead atoms. The first-order valence-electron chi connectivity index (χ1n) is 8.67. The molecular weight excluding hydrogens is 383 g/mol. The third-order valence-corrected chi connectivity index (χ3v) is 4.09. The predicted molar refractivity (Wildman–Crippen MR) is 104 cm³/mol. The Balaban J connectivity index is 1.75. The summed E-state index contributed by atoms with van der Waals surface area (Å²) in [5.74, 6) is 0.457. The van der Waals surface area contributed by atoms with Gasteiger partial charge in [-0.2, -0.15) is 13.2 Å². The number of nitrogens with one attached hydrogen (secondary N) is 2. The van der Waals surface area contributed by atoms with Gasteiger partial charge in [0.25, 0.3) is 5.91 Å². The molecule has 0 radical (unpaired) electrons. The summed E-state index contributed by atoms with van der Waals surface area (Å²) in [7, 11) is 1.57. The highest BCUT2D eigenvalue weighted by Crippen LogP contribution is 2.30. The summed E-state index contributed by atoms with van der Waals surface area (Å²) in [6, 6.07) is 15.0. The normalized spacial score (nSPS) is 11.0. The number of pyridine rings is 1. The summed E-state index contributed by atoms with van der Waals surface area (Å²) in [6.45, 7) is 0.387. The SMILES string of the molecule is COc1cccc(CNc2ncccc2C(=O)Nc2cccc(C(F)(F)F)c2)c1. The van der Waals surface area contributed by atoms with Gasteiger partial charge in [-0.15, -0.1) is 0 Å². The number of halogens is 3. The smallest absolute Gasteiger partial charge is 0.416 e. The lowest BCUT2D eigenvalue weighted by Crippen LogP contribution is -2.16. The van der Waals surface area contributed by atoms with Crippen LogP contribution < -0.4 is 15.4 Å². The summed E-state index contributed by atoms with van der Waals surface area (Å²) >= 11 is 0. The van der Waals surface area contributed by atoms with Crippen LogP contribution in [0.5, 0.6) is 5.75 Å². The first-order valence-corrected chi connectivity index (χ1v) is 8.67. The van der Waals surface area contributed by atoms with E-state index in [0.29, 0.717) is 18.1 Å². The van der Waals surface area contributed by atoms with Crippen molar-refractivity contribution in [3.05, 3.63) is 83.6 Å². The Labute approximate surface area is 165 Å². The molecule has 0 fully saturated rings. The molecule has 0 saturated carbocycles. The van der Waals surface area contributed by atoms with E-state index in [-0.39, 0.29) is 11.3 Å². The molecule has 3 aromatic rings. The molecule has 8 heteroatoms. The summed E-state index contributed by atoms with van der Waals surface area (Å²) in [5, 5.41) is 5.56. The number of rotatable bonds is 6. The molecule has 150 valence electrons. The van der Waals surface area contributed by atoms with Crippen molar-refractivity contribution in [3.63, 3.8) is 0 Å².